The molecule has 162 valence electrons. The lowest BCUT2D eigenvalue weighted by Gasteiger charge is -2.43. The van der Waals surface area contributed by atoms with E-state index in [1.807, 2.05) is 12.1 Å². The number of hydrogen-bond donors (Lipinski definition) is 1. The van der Waals surface area contributed by atoms with Crippen LogP contribution in [0.4, 0.5) is 0 Å². The molecule has 7 heteroatoms. The van der Waals surface area contributed by atoms with Gasteiger partial charge in [-0.25, -0.2) is 0 Å². The van der Waals surface area contributed by atoms with E-state index in [1.54, 1.807) is 0 Å². The highest BCUT2D eigenvalue weighted by molar-refractivity contribution is 6.42. The van der Waals surface area contributed by atoms with Crippen LogP contribution >= 0.6 is 48.0 Å². The summed E-state index contributed by atoms with van der Waals surface area (Å²) in [5.74, 6) is 0.0912. The highest BCUT2D eigenvalue weighted by Gasteiger charge is 2.40. The Balaban J connectivity index is 0.00000196. The van der Waals surface area contributed by atoms with E-state index in [0.717, 1.165) is 50.9 Å². The molecule has 2 fully saturated rings. The van der Waals surface area contributed by atoms with Crippen LogP contribution in [0.5, 0.6) is 0 Å². The van der Waals surface area contributed by atoms with E-state index in [4.69, 9.17) is 23.2 Å². The van der Waals surface area contributed by atoms with Gasteiger partial charge in [-0.15, -0.1) is 24.8 Å². The monoisotopic (exact) mass is 470 g/mol. The predicted molar refractivity (Wildman–Crippen MR) is 125 cm³/mol. The van der Waals surface area contributed by atoms with Crippen LogP contribution in [-0.2, 0) is 0 Å². The third-order valence-electron chi connectivity index (χ3n) is 6.44. The minimum atomic E-state index is -0.631. The highest BCUT2D eigenvalue weighted by atomic mass is 35.5. The molecule has 1 aromatic rings. The summed E-state index contributed by atoms with van der Waals surface area (Å²) < 4.78 is 0. The molecule has 1 aromatic carbocycles. The summed E-state index contributed by atoms with van der Waals surface area (Å²) in [5, 5.41) is 12.7. The zero-order valence-electron chi connectivity index (χ0n) is 16.9. The third-order valence-corrected chi connectivity index (χ3v) is 7.18. The first kappa shape index (κ1) is 26.3. The molecule has 1 aliphatic carbocycles. The molecule has 28 heavy (non-hydrogen) atoms. The second-order valence-electron chi connectivity index (χ2n) is 8.39. The Kier molecular flexibility index (Phi) is 10.9. The first-order valence-corrected chi connectivity index (χ1v) is 10.7. The van der Waals surface area contributed by atoms with Gasteiger partial charge in [0, 0.05) is 18.5 Å². The van der Waals surface area contributed by atoms with Crippen molar-refractivity contribution < 1.29 is 5.11 Å². The second kappa shape index (κ2) is 11.6. The molecule has 0 spiro atoms. The number of halogens is 4. The number of piperidine rings is 1. The van der Waals surface area contributed by atoms with Crippen molar-refractivity contribution >= 4 is 48.0 Å². The van der Waals surface area contributed by atoms with Crippen molar-refractivity contribution in [1.82, 2.24) is 9.80 Å². The Labute approximate surface area is 192 Å². The lowest BCUT2D eigenvalue weighted by atomic mass is 9.72. The van der Waals surface area contributed by atoms with Crippen LogP contribution in [0.15, 0.2) is 18.2 Å². The zero-order valence-corrected chi connectivity index (χ0v) is 20.0. The van der Waals surface area contributed by atoms with Crippen molar-refractivity contribution in [3.63, 3.8) is 0 Å². The van der Waals surface area contributed by atoms with Crippen molar-refractivity contribution in [2.45, 2.75) is 62.5 Å². The topological polar surface area (TPSA) is 26.7 Å². The summed E-state index contributed by atoms with van der Waals surface area (Å²) in [7, 11) is 4.34. The van der Waals surface area contributed by atoms with E-state index in [1.165, 1.54) is 19.3 Å². The predicted octanol–water partition coefficient (Wildman–Crippen LogP) is 5.64. The maximum Gasteiger partial charge on any atom is 0.0728 e. The Morgan fingerprint density at radius 2 is 1.68 bits per heavy atom. The van der Waals surface area contributed by atoms with Crippen LogP contribution in [-0.4, -0.2) is 60.3 Å². The van der Waals surface area contributed by atoms with E-state index in [9.17, 15) is 5.11 Å². The van der Waals surface area contributed by atoms with Gasteiger partial charge in [0.05, 0.1) is 15.6 Å². The molecule has 1 aliphatic heterocycles. The van der Waals surface area contributed by atoms with Gasteiger partial charge in [-0.1, -0.05) is 48.5 Å². The average Bonchev–Trinajstić information content (AvgIpc) is 2.63. The van der Waals surface area contributed by atoms with Crippen LogP contribution in [0, 0.1) is 0 Å². The van der Waals surface area contributed by atoms with Gasteiger partial charge in [-0.2, -0.15) is 0 Å². The van der Waals surface area contributed by atoms with Crippen molar-refractivity contribution in [3.8, 4) is 0 Å². The number of benzene rings is 1. The SMILES string of the molecule is CN(C)C1CCN(CC(c2ccc(Cl)c(Cl)c2)C2(O)CCCCC2)CC1.Cl.Cl. The van der Waals surface area contributed by atoms with Gasteiger partial charge in [0.1, 0.15) is 0 Å². The molecule has 1 atom stereocenters. The standard InChI is InChI=1S/C21H32Cl2N2O.2ClH/c1-24(2)17-8-12-25(13-9-17)15-18(21(26)10-4-3-5-11-21)16-6-7-19(22)20(23)14-16;;/h6-7,14,17-18,26H,3-5,8-13,15H2,1-2H3;2*1H. The van der Waals surface area contributed by atoms with Crippen molar-refractivity contribution in [1.29, 1.82) is 0 Å². The smallest absolute Gasteiger partial charge is 0.0728 e. The Morgan fingerprint density at radius 1 is 1.07 bits per heavy atom. The molecule has 1 saturated carbocycles. The molecule has 1 unspecified atom stereocenters. The minimum absolute atomic E-state index is 0. The molecule has 3 nitrogen and oxygen atoms in total. The third kappa shape index (κ3) is 6.38. The normalized spacial score (nSPS) is 21.6. The lowest BCUT2D eigenvalue weighted by Crippen LogP contribution is -2.48. The van der Waals surface area contributed by atoms with Crippen LogP contribution in [0.3, 0.4) is 0 Å². The van der Waals surface area contributed by atoms with Crippen LogP contribution < -0.4 is 0 Å². The summed E-state index contributed by atoms with van der Waals surface area (Å²) in [5.41, 5.74) is 0.492. The van der Waals surface area contributed by atoms with E-state index in [0.29, 0.717) is 16.1 Å². The summed E-state index contributed by atoms with van der Waals surface area (Å²) in [6.45, 7) is 3.09. The molecule has 0 amide bonds. The minimum Gasteiger partial charge on any atom is -0.389 e. The fourth-order valence-corrected chi connectivity index (χ4v) is 5.01. The van der Waals surface area contributed by atoms with Gasteiger partial charge in [-0.05, 0) is 70.6 Å². The maximum atomic E-state index is 11.5. The molecule has 0 aromatic heterocycles. The summed E-state index contributed by atoms with van der Waals surface area (Å²) in [6, 6.07) is 6.56. The Hall–Kier alpha value is 0.260. The number of nitrogens with zero attached hydrogens (tertiary/aromatic N) is 2. The van der Waals surface area contributed by atoms with E-state index in [2.05, 4.69) is 30.0 Å². The first-order chi connectivity index (χ1) is 12.4. The number of aliphatic hydroxyl groups is 1. The van der Waals surface area contributed by atoms with Crippen molar-refractivity contribution in [3.05, 3.63) is 33.8 Å². The number of rotatable bonds is 5. The maximum absolute atomic E-state index is 11.5. The summed E-state index contributed by atoms with van der Waals surface area (Å²) in [6.07, 6.45) is 7.59. The largest absolute Gasteiger partial charge is 0.389 e. The number of likely N-dealkylation sites (tertiary alicyclic amines) is 1. The first-order valence-electron chi connectivity index (χ1n) is 9.95. The molecular formula is C21H34Cl4N2O. The molecule has 1 saturated heterocycles. The fourth-order valence-electron chi connectivity index (χ4n) is 4.70. The highest BCUT2D eigenvalue weighted by Crippen LogP contribution is 2.42. The molecule has 1 N–H and O–H groups in total. The molecule has 1 heterocycles. The van der Waals surface area contributed by atoms with Crippen molar-refractivity contribution in [2.24, 2.45) is 0 Å². The van der Waals surface area contributed by atoms with E-state index in [-0.39, 0.29) is 30.7 Å². The van der Waals surface area contributed by atoms with Crippen LogP contribution in [0.1, 0.15) is 56.4 Å². The molecule has 0 radical (unpaired) electrons. The van der Waals surface area contributed by atoms with E-state index >= 15 is 0 Å². The van der Waals surface area contributed by atoms with Gasteiger partial charge < -0.3 is 14.9 Å². The van der Waals surface area contributed by atoms with Crippen LogP contribution in [0.2, 0.25) is 10.0 Å². The van der Waals surface area contributed by atoms with Gasteiger partial charge >= 0.3 is 0 Å². The van der Waals surface area contributed by atoms with Gasteiger partial charge in [-0.3, -0.25) is 0 Å². The Morgan fingerprint density at radius 3 is 2.21 bits per heavy atom. The average molecular weight is 472 g/mol. The second-order valence-corrected chi connectivity index (χ2v) is 9.20. The number of hydrogen-bond acceptors (Lipinski definition) is 3. The lowest BCUT2D eigenvalue weighted by molar-refractivity contribution is -0.0335. The zero-order chi connectivity index (χ0) is 18.7. The molecular weight excluding hydrogens is 438 g/mol. The fraction of sp³-hybridized carbons (Fsp3) is 0.714. The quantitative estimate of drug-likeness (QED) is 0.601. The summed E-state index contributed by atoms with van der Waals surface area (Å²) in [4.78, 5) is 4.86. The van der Waals surface area contributed by atoms with Gasteiger partial charge in [0.25, 0.3) is 0 Å². The van der Waals surface area contributed by atoms with Crippen molar-refractivity contribution in [2.75, 3.05) is 33.7 Å². The Bertz CT molecular complexity index is 600. The molecule has 2 aliphatic rings. The van der Waals surface area contributed by atoms with Crippen LogP contribution in [0.25, 0.3) is 0 Å². The molecule has 3 rings (SSSR count). The van der Waals surface area contributed by atoms with Gasteiger partial charge in [0.15, 0.2) is 0 Å². The van der Waals surface area contributed by atoms with Gasteiger partial charge in [0.2, 0.25) is 0 Å². The molecule has 0 bridgehead atoms. The summed E-state index contributed by atoms with van der Waals surface area (Å²) >= 11 is 12.4. The van der Waals surface area contributed by atoms with E-state index < -0.39 is 5.60 Å².